The Hall–Kier alpha value is -1.88. The molecular formula is C14H13BrN2O2. The molecule has 2 rings (SSSR count). The first-order valence-electron chi connectivity index (χ1n) is 5.83. The first-order chi connectivity index (χ1) is 9.06. The average molecular weight is 321 g/mol. The second-order valence-corrected chi connectivity index (χ2v) is 5.14. The van der Waals surface area contributed by atoms with Gasteiger partial charge in [-0.05, 0) is 30.7 Å². The fourth-order valence-electron chi connectivity index (χ4n) is 1.80. The van der Waals surface area contributed by atoms with Crippen LogP contribution in [-0.4, -0.2) is 4.92 Å². The Morgan fingerprint density at radius 3 is 2.47 bits per heavy atom. The Balaban J connectivity index is 2.11. The van der Waals surface area contributed by atoms with Gasteiger partial charge in [-0.15, -0.1) is 0 Å². The molecule has 0 aromatic heterocycles. The lowest BCUT2D eigenvalue weighted by Gasteiger charge is -2.15. The molecule has 0 heterocycles. The second-order valence-electron chi connectivity index (χ2n) is 4.23. The number of benzene rings is 2. The molecule has 0 amide bonds. The van der Waals surface area contributed by atoms with Crippen molar-refractivity contribution in [3.05, 3.63) is 68.7 Å². The highest BCUT2D eigenvalue weighted by Crippen LogP contribution is 2.23. The third-order valence-electron chi connectivity index (χ3n) is 2.81. The van der Waals surface area contributed by atoms with Crippen molar-refractivity contribution in [3.63, 3.8) is 0 Å². The molecule has 4 nitrogen and oxygen atoms in total. The number of nitrogens with zero attached hydrogens (tertiary/aromatic N) is 1. The molecule has 0 aliphatic heterocycles. The zero-order valence-corrected chi connectivity index (χ0v) is 11.9. The zero-order chi connectivity index (χ0) is 13.8. The minimum atomic E-state index is -0.393. The number of nitrogens with one attached hydrogen (secondary N) is 1. The summed E-state index contributed by atoms with van der Waals surface area (Å²) >= 11 is 3.42. The van der Waals surface area contributed by atoms with E-state index in [1.165, 1.54) is 12.1 Å². The molecular weight excluding hydrogens is 308 g/mol. The monoisotopic (exact) mass is 320 g/mol. The summed E-state index contributed by atoms with van der Waals surface area (Å²) in [7, 11) is 0. The number of halogens is 1. The van der Waals surface area contributed by atoms with Crippen LogP contribution in [0, 0.1) is 10.1 Å². The minimum absolute atomic E-state index is 0.0788. The molecule has 19 heavy (non-hydrogen) atoms. The molecule has 0 radical (unpaired) electrons. The quantitative estimate of drug-likeness (QED) is 0.665. The van der Waals surface area contributed by atoms with Crippen LogP contribution in [0.4, 0.5) is 11.4 Å². The van der Waals surface area contributed by atoms with E-state index in [9.17, 15) is 10.1 Å². The largest absolute Gasteiger partial charge is 0.378 e. The van der Waals surface area contributed by atoms with E-state index in [-0.39, 0.29) is 11.7 Å². The summed E-state index contributed by atoms with van der Waals surface area (Å²) in [6.45, 7) is 2.02. The molecule has 0 fully saturated rings. The Morgan fingerprint density at radius 1 is 1.21 bits per heavy atom. The van der Waals surface area contributed by atoms with Crippen LogP contribution in [0.1, 0.15) is 18.5 Å². The number of non-ortho nitro benzene ring substituents is 1. The molecule has 0 aliphatic rings. The predicted molar refractivity (Wildman–Crippen MR) is 79.3 cm³/mol. The van der Waals surface area contributed by atoms with Gasteiger partial charge in [-0.2, -0.15) is 0 Å². The highest BCUT2D eigenvalue weighted by Gasteiger charge is 2.09. The van der Waals surface area contributed by atoms with Crippen LogP contribution in [0.5, 0.6) is 0 Å². The Morgan fingerprint density at radius 2 is 1.89 bits per heavy atom. The van der Waals surface area contributed by atoms with Gasteiger partial charge in [-0.25, -0.2) is 0 Å². The molecule has 5 heteroatoms. The Kier molecular flexibility index (Phi) is 4.16. The van der Waals surface area contributed by atoms with Gasteiger partial charge in [-0.3, -0.25) is 10.1 Å². The molecule has 0 saturated heterocycles. The molecule has 1 unspecified atom stereocenters. The molecule has 2 aromatic rings. The van der Waals surface area contributed by atoms with Crippen molar-refractivity contribution >= 4 is 27.3 Å². The second kappa shape index (κ2) is 5.84. The highest BCUT2D eigenvalue weighted by atomic mass is 79.9. The lowest BCUT2D eigenvalue weighted by molar-refractivity contribution is -0.384. The number of anilines is 1. The van der Waals surface area contributed by atoms with Gasteiger partial charge < -0.3 is 5.32 Å². The lowest BCUT2D eigenvalue weighted by atomic mass is 10.1. The summed E-state index contributed by atoms with van der Waals surface area (Å²) in [6.07, 6.45) is 0. The Bertz CT molecular complexity index is 584. The van der Waals surface area contributed by atoms with E-state index >= 15 is 0 Å². The summed E-state index contributed by atoms with van der Waals surface area (Å²) in [4.78, 5) is 10.2. The van der Waals surface area contributed by atoms with Crippen LogP contribution < -0.4 is 5.32 Å². The Labute approximate surface area is 119 Å². The maximum Gasteiger partial charge on any atom is 0.269 e. The third-order valence-corrected chi connectivity index (χ3v) is 3.30. The van der Waals surface area contributed by atoms with E-state index in [4.69, 9.17) is 0 Å². The number of hydrogen-bond donors (Lipinski definition) is 1. The molecule has 98 valence electrons. The summed E-state index contributed by atoms with van der Waals surface area (Å²) in [5.74, 6) is 0. The van der Waals surface area contributed by atoms with Crippen LogP contribution in [0.15, 0.2) is 53.0 Å². The van der Waals surface area contributed by atoms with Crippen molar-refractivity contribution in [2.24, 2.45) is 0 Å². The van der Waals surface area contributed by atoms with Crippen molar-refractivity contribution in [2.45, 2.75) is 13.0 Å². The van der Waals surface area contributed by atoms with Gasteiger partial charge in [0, 0.05) is 28.3 Å². The molecule has 0 aliphatic carbocycles. The predicted octanol–water partition coefficient (Wildman–Crippen LogP) is 4.53. The third kappa shape index (κ3) is 3.54. The molecule has 0 spiro atoms. The molecule has 1 N–H and O–H groups in total. The number of hydrogen-bond acceptors (Lipinski definition) is 3. The maximum atomic E-state index is 10.6. The fourth-order valence-corrected chi connectivity index (χ4v) is 2.20. The van der Waals surface area contributed by atoms with Crippen LogP contribution >= 0.6 is 15.9 Å². The normalized spacial score (nSPS) is 11.9. The van der Waals surface area contributed by atoms with Crippen LogP contribution in [0.25, 0.3) is 0 Å². The average Bonchev–Trinajstić information content (AvgIpc) is 2.39. The highest BCUT2D eigenvalue weighted by molar-refractivity contribution is 9.10. The van der Waals surface area contributed by atoms with E-state index in [0.717, 1.165) is 15.7 Å². The summed E-state index contributed by atoms with van der Waals surface area (Å²) in [6, 6.07) is 14.5. The van der Waals surface area contributed by atoms with E-state index in [1.54, 1.807) is 12.1 Å². The van der Waals surface area contributed by atoms with Gasteiger partial charge in [0.2, 0.25) is 0 Å². The van der Waals surface area contributed by atoms with Crippen LogP contribution in [0.3, 0.4) is 0 Å². The standard InChI is InChI=1S/C14H13BrN2O2/c1-10(16-13-4-2-3-12(15)9-13)11-5-7-14(8-6-11)17(18)19/h2-10,16H,1H3. The van der Waals surface area contributed by atoms with Gasteiger partial charge in [0.05, 0.1) is 4.92 Å². The molecule has 0 bridgehead atoms. The van der Waals surface area contributed by atoms with Gasteiger partial charge >= 0.3 is 0 Å². The van der Waals surface area contributed by atoms with E-state index < -0.39 is 4.92 Å². The van der Waals surface area contributed by atoms with Crippen LogP contribution in [-0.2, 0) is 0 Å². The van der Waals surface area contributed by atoms with Crippen molar-refractivity contribution in [3.8, 4) is 0 Å². The van der Waals surface area contributed by atoms with E-state index in [1.807, 2.05) is 31.2 Å². The van der Waals surface area contributed by atoms with Gasteiger partial charge in [0.25, 0.3) is 5.69 Å². The fraction of sp³-hybridized carbons (Fsp3) is 0.143. The number of nitro benzene ring substituents is 1. The number of nitro groups is 1. The SMILES string of the molecule is CC(Nc1cccc(Br)c1)c1ccc([N+](=O)[O-])cc1. The summed E-state index contributed by atoms with van der Waals surface area (Å²) in [5, 5.41) is 13.9. The van der Waals surface area contributed by atoms with Crippen LogP contribution in [0.2, 0.25) is 0 Å². The topological polar surface area (TPSA) is 55.2 Å². The van der Waals surface area contributed by atoms with Crippen molar-refractivity contribution in [1.29, 1.82) is 0 Å². The molecule has 2 aromatic carbocycles. The van der Waals surface area contributed by atoms with Gasteiger partial charge in [0.1, 0.15) is 0 Å². The van der Waals surface area contributed by atoms with Gasteiger partial charge in [-0.1, -0.05) is 34.1 Å². The van der Waals surface area contributed by atoms with Crippen molar-refractivity contribution < 1.29 is 4.92 Å². The molecule has 0 saturated carbocycles. The smallest absolute Gasteiger partial charge is 0.269 e. The number of rotatable bonds is 4. The van der Waals surface area contributed by atoms with Gasteiger partial charge in [0.15, 0.2) is 0 Å². The summed E-state index contributed by atoms with van der Waals surface area (Å²) < 4.78 is 1.01. The molecule has 1 atom stereocenters. The lowest BCUT2D eigenvalue weighted by Crippen LogP contribution is -2.06. The van der Waals surface area contributed by atoms with Crippen molar-refractivity contribution in [1.82, 2.24) is 0 Å². The zero-order valence-electron chi connectivity index (χ0n) is 10.3. The maximum absolute atomic E-state index is 10.6. The van der Waals surface area contributed by atoms with E-state index in [2.05, 4.69) is 21.2 Å². The van der Waals surface area contributed by atoms with Crippen molar-refractivity contribution in [2.75, 3.05) is 5.32 Å². The first kappa shape index (κ1) is 13.5. The minimum Gasteiger partial charge on any atom is -0.378 e. The summed E-state index contributed by atoms with van der Waals surface area (Å²) in [5.41, 5.74) is 2.12. The van der Waals surface area contributed by atoms with E-state index in [0.29, 0.717) is 0 Å². The first-order valence-corrected chi connectivity index (χ1v) is 6.62.